The molecule has 0 aliphatic carbocycles. The van der Waals surface area contributed by atoms with Crippen LogP contribution in [-0.4, -0.2) is 10.8 Å². The quantitative estimate of drug-likeness (QED) is 0.657. The lowest BCUT2D eigenvalue weighted by atomic mass is 9.85. The summed E-state index contributed by atoms with van der Waals surface area (Å²) in [6, 6.07) is 4.87. The largest absolute Gasteiger partial charge is 0.320 e. The highest BCUT2D eigenvalue weighted by molar-refractivity contribution is 6.05. The standard InChI is InChI=1S/C13H16N2O3/c1-3-5-8(2)11-9-6-4-7-10(15(17)18)12(9)14-13(11)16/h4,6-8,11H,3,5H2,1-2H3,(H,14,16). The molecule has 2 rings (SSSR count). The second kappa shape index (κ2) is 4.76. The van der Waals surface area contributed by atoms with Crippen molar-refractivity contribution >= 4 is 17.3 Å². The third-order valence-corrected chi connectivity index (χ3v) is 3.45. The lowest BCUT2D eigenvalue weighted by Gasteiger charge is -2.16. The van der Waals surface area contributed by atoms with E-state index in [0.717, 1.165) is 18.4 Å². The summed E-state index contributed by atoms with van der Waals surface area (Å²) >= 11 is 0. The Kier molecular flexibility index (Phi) is 3.32. The van der Waals surface area contributed by atoms with Crippen LogP contribution in [0.4, 0.5) is 11.4 Å². The lowest BCUT2D eigenvalue weighted by Crippen LogP contribution is -2.18. The zero-order valence-corrected chi connectivity index (χ0v) is 10.5. The van der Waals surface area contributed by atoms with Crippen molar-refractivity contribution in [3.8, 4) is 0 Å². The molecule has 5 nitrogen and oxygen atoms in total. The Labute approximate surface area is 105 Å². The number of nitrogens with zero attached hydrogens (tertiary/aromatic N) is 1. The first kappa shape index (κ1) is 12.5. The summed E-state index contributed by atoms with van der Waals surface area (Å²) in [6.45, 7) is 4.08. The van der Waals surface area contributed by atoms with Gasteiger partial charge in [0, 0.05) is 6.07 Å². The van der Waals surface area contributed by atoms with Gasteiger partial charge in [-0.1, -0.05) is 32.4 Å². The highest BCUT2D eigenvalue weighted by atomic mass is 16.6. The molecule has 96 valence electrons. The van der Waals surface area contributed by atoms with Crippen molar-refractivity contribution in [2.45, 2.75) is 32.6 Å². The SMILES string of the molecule is CCCC(C)C1C(=O)Nc2c1cccc2[N+](=O)[O-]. The molecule has 1 heterocycles. The molecule has 0 bridgehead atoms. The molecule has 0 saturated carbocycles. The van der Waals surface area contributed by atoms with Crippen LogP contribution in [0.1, 0.15) is 38.2 Å². The number of rotatable bonds is 4. The maximum absolute atomic E-state index is 12.0. The first-order valence-corrected chi connectivity index (χ1v) is 6.14. The summed E-state index contributed by atoms with van der Waals surface area (Å²) in [4.78, 5) is 22.5. The van der Waals surface area contributed by atoms with Crippen molar-refractivity contribution in [1.29, 1.82) is 0 Å². The van der Waals surface area contributed by atoms with Crippen LogP contribution in [0.25, 0.3) is 0 Å². The number of para-hydroxylation sites is 1. The number of nitro benzene ring substituents is 1. The first-order valence-electron chi connectivity index (χ1n) is 6.14. The number of nitro groups is 1. The highest BCUT2D eigenvalue weighted by Crippen LogP contribution is 2.43. The molecule has 1 aliphatic rings. The molecule has 1 aliphatic heterocycles. The van der Waals surface area contributed by atoms with Crippen LogP contribution in [0.2, 0.25) is 0 Å². The fourth-order valence-corrected chi connectivity index (χ4v) is 2.63. The first-order chi connectivity index (χ1) is 8.56. The predicted molar refractivity (Wildman–Crippen MR) is 68.5 cm³/mol. The molecule has 0 spiro atoms. The Bertz CT molecular complexity index is 499. The molecule has 0 aromatic heterocycles. The van der Waals surface area contributed by atoms with Gasteiger partial charge in [0.05, 0.1) is 10.8 Å². The topological polar surface area (TPSA) is 72.2 Å². The highest BCUT2D eigenvalue weighted by Gasteiger charge is 2.37. The number of carbonyl (C=O) groups is 1. The van der Waals surface area contributed by atoms with Crippen LogP contribution in [-0.2, 0) is 4.79 Å². The number of carbonyl (C=O) groups excluding carboxylic acids is 1. The zero-order chi connectivity index (χ0) is 13.3. The van der Waals surface area contributed by atoms with Gasteiger partial charge in [-0.05, 0) is 17.9 Å². The molecular weight excluding hydrogens is 232 g/mol. The Balaban J connectivity index is 2.43. The van der Waals surface area contributed by atoms with E-state index in [4.69, 9.17) is 0 Å². The number of anilines is 1. The zero-order valence-electron chi connectivity index (χ0n) is 10.5. The molecule has 0 saturated heterocycles. The van der Waals surface area contributed by atoms with Crippen molar-refractivity contribution in [1.82, 2.24) is 0 Å². The summed E-state index contributed by atoms with van der Waals surface area (Å²) in [6.07, 6.45) is 1.93. The van der Waals surface area contributed by atoms with Crippen LogP contribution in [0.15, 0.2) is 18.2 Å². The molecular formula is C13H16N2O3. The van der Waals surface area contributed by atoms with Crippen LogP contribution >= 0.6 is 0 Å². The number of nitrogens with one attached hydrogen (secondary N) is 1. The van der Waals surface area contributed by atoms with Gasteiger partial charge < -0.3 is 5.32 Å². The number of hydrogen-bond acceptors (Lipinski definition) is 3. The molecule has 2 unspecified atom stereocenters. The molecule has 18 heavy (non-hydrogen) atoms. The van der Waals surface area contributed by atoms with E-state index in [1.807, 2.05) is 6.92 Å². The van der Waals surface area contributed by atoms with Gasteiger partial charge in [0.15, 0.2) is 0 Å². The Hall–Kier alpha value is -1.91. The minimum absolute atomic E-state index is 0.0213. The monoisotopic (exact) mass is 248 g/mol. The predicted octanol–water partition coefficient (Wildman–Crippen LogP) is 3.07. The van der Waals surface area contributed by atoms with E-state index in [1.165, 1.54) is 6.07 Å². The van der Waals surface area contributed by atoms with Gasteiger partial charge in [-0.2, -0.15) is 0 Å². The van der Waals surface area contributed by atoms with Crippen LogP contribution < -0.4 is 5.32 Å². The average Bonchev–Trinajstić information content (AvgIpc) is 2.64. The second-order valence-corrected chi connectivity index (χ2v) is 4.73. The number of amides is 1. The van der Waals surface area contributed by atoms with Gasteiger partial charge in [-0.15, -0.1) is 0 Å². The van der Waals surface area contributed by atoms with Crippen LogP contribution in [0.5, 0.6) is 0 Å². The van der Waals surface area contributed by atoms with Gasteiger partial charge in [0.25, 0.3) is 5.69 Å². The van der Waals surface area contributed by atoms with E-state index in [9.17, 15) is 14.9 Å². The van der Waals surface area contributed by atoms with E-state index in [0.29, 0.717) is 5.69 Å². The second-order valence-electron chi connectivity index (χ2n) is 4.73. The van der Waals surface area contributed by atoms with Crippen molar-refractivity contribution in [2.75, 3.05) is 5.32 Å². The fourth-order valence-electron chi connectivity index (χ4n) is 2.63. The molecule has 1 N–H and O–H groups in total. The third kappa shape index (κ3) is 1.96. The molecule has 1 amide bonds. The van der Waals surface area contributed by atoms with E-state index >= 15 is 0 Å². The summed E-state index contributed by atoms with van der Waals surface area (Å²) < 4.78 is 0. The van der Waals surface area contributed by atoms with Gasteiger partial charge in [-0.3, -0.25) is 14.9 Å². The smallest absolute Gasteiger partial charge is 0.293 e. The van der Waals surface area contributed by atoms with Crippen LogP contribution in [0, 0.1) is 16.0 Å². The maximum Gasteiger partial charge on any atom is 0.293 e. The van der Waals surface area contributed by atoms with Crippen molar-refractivity contribution in [2.24, 2.45) is 5.92 Å². The van der Waals surface area contributed by atoms with Gasteiger partial charge in [0.1, 0.15) is 5.69 Å². The Morgan fingerprint density at radius 1 is 1.50 bits per heavy atom. The molecule has 5 heteroatoms. The van der Waals surface area contributed by atoms with E-state index in [1.54, 1.807) is 12.1 Å². The van der Waals surface area contributed by atoms with Crippen LogP contribution in [0.3, 0.4) is 0 Å². The number of fused-ring (bicyclic) bond motifs is 1. The Morgan fingerprint density at radius 3 is 2.83 bits per heavy atom. The lowest BCUT2D eigenvalue weighted by molar-refractivity contribution is -0.383. The summed E-state index contributed by atoms with van der Waals surface area (Å²) in [5.74, 6) is -0.196. The summed E-state index contributed by atoms with van der Waals surface area (Å²) in [7, 11) is 0. The normalized spacial score (nSPS) is 19.2. The van der Waals surface area contributed by atoms with Gasteiger partial charge in [-0.25, -0.2) is 0 Å². The summed E-state index contributed by atoms with van der Waals surface area (Å²) in [5, 5.41) is 13.6. The molecule has 1 aromatic rings. The maximum atomic E-state index is 12.0. The number of benzene rings is 1. The third-order valence-electron chi connectivity index (χ3n) is 3.45. The van der Waals surface area contributed by atoms with E-state index in [2.05, 4.69) is 12.2 Å². The summed E-state index contributed by atoms with van der Waals surface area (Å²) in [5.41, 5.74) is 1.11. The van der Waals surface area contributed by atoms with Crippen molar-refractivity contribution in [3.63, 3.8) is 0 Å². The fraction of sp³-hybridized carbons (Fsp3) is 0.462. The van der Waals surface area contributed by atoms with Gasteiger partial charge >= 0.3 is 0 Å². The minimum atomic E-state index is -0.452. The number of hydrogen-bond donors (Lipinski definition) is 1. The minimum Gasteiger partial charge on any atom is -0.320 e. The molecule has 2 atom stereocenters. The molecule has 0 fully saturated rings. The average molecular weight is 248 g/mol. The molecule has 1 aromatic carbocycles. The van der Waals surface area contributed by atoms with Crippen molar-refractivity contribution < 1.29 is 9.72 Å². The van der Waals surface area contributed by atoms with E-state index in [-0.39, 0.29) is 23.4 Å². The Morgan fingerprint density at radius 2 is 2.22 bits per heavy atom. The van der Waals surface area contributed by atoms with Crippen molar-refractivity contribution in [3.05, 3.63) is 33.9 Å². The van der Waals surface area contributed by atoms with Gasteiger partial charge in [0.2, 0.25) is 5.91 Å². The molecule has 0 radical (unpaired) electrons. The van der Waals surface area contributed by atoms with E-state index < -0.39 is 4.92 Å².